The summed E-state index contributed by atoms with van der Waals surface area (Å²) in [6, 6.07) is -2.67. The molecule has 0 saturated carbocycles. The number of nitrogens with two attached hydrogens (primary N) is 2. The minimum atomic E-state index is -2.02. The average molecular weight is 1070 g/mol. The summed E-state index contributed by atoms with van der Waals surface area (Å²) >= 11 is 0. The van der Waals surface area contributed by atoms with E-state index >= 15 is 0 Å². The van der Waals surface area contributed by atoms with Crippen LogP contribution in [-0.4, -0.2) is 151 Å². The van der Waals surface area contributed by atoms with E-state index in [0.717, 1.165) is 0 Å². The standard InChI is InChI=1S/C49H68N10O17/c1-25(2)21-34-46(73)55-32(15-18-39(63)64)44(71)53-30(42(51)69)14-17-38(62)52-35(22-26-6-10-28(60)11-7-26)47(74)58-36(23-27-8-12-29(61)13-9-27)48(75)59-37(24-41(67)68)49(76)56-33(16-19-40(65)66)45(72)54-31(43(70)57-34)5-3-4-20-50/h6-13,25,30-37,60-61H,3-5,14-24,50H2,1-2H3,(H2,51,69)(H,52,62)(H,53,71)(H,54,72)(H,55,73)(H,56,76)(H,57,70)(H,58,74)(H,59,75)(H,63,64)(H,65,66)(H,67,68)/t30-,31-,32-,33-,34-,35-,36-,37-/m0/s1. The van der Waals surface area contributed by atoms with E-state index in [4.69, 9.17) is 11.5 Å². The molecule has 0 spiro atoms. The highest BCUT2D eigenvalue weighted by molar-refractivity contribution is 5.99. The number of primary amides is 1. The van der Waals surface area contributed by atoms with Gasteiger partial charge < -0.3 is 79.5 Å². The number of carboxylic acid groups (broad SMARTS) is 3. The van der Waals surface area contributed by atoms with Crippen molar-refractivity contribution in [3.05, 3.63) is 59.7 Å². The number of nitrogens with one attached hydrogen (secondary N) is 8. The van der Waals surface area contributed by atoms with E-state index in [2.05, 4.69) is 42.5 Å². The molecular weight excluding hydrogens is 1000 g/mol. The molecule has 27 heteroatoms. The number of aromatic hydroxyl groups is 2. The molecule has 0 unspecified atom stereocenters. The van der Waals surface area contributed by atoms with E-state index in [-0.39, 0.29) is 56.1 Å². The summed E-state index contributed by atoms with van der Waals surface area (Å²) in [6.45, 7) is 3.52. The Kier molecular flexibility index (Phi) is 25.1. The first kappa shape index (κ1) is 61.9. The van der Waals surface area contributed by atoms with Gasteiger partial charge in [-0.1, -0.05) is 38.1 Å². The Labute approximate surface area is 436 Å². The minimum Gasteiger partial charge on any atom is -0.508 e. The average Bonchev–Trinajstić information content (AvgIpc) is 3.34. The molecule has 0 aliphatic carbocycles. The summed E-state index contributed by atoms with van der Waals surface area (Å²) in [5, 5.41) is 68.1. The lowest BCUT2D eigenvalue weighted by atomic mass is 10.00. The molecule has 1 heterocycles. The van der Waals surface area contributed by atoms with Crippen molar-refractivity contribution in [3.8, 4) is 11.5 Å². The van der Waals surface area contributed by atoms with Crippen molar-refractivity contribution in [1.29, 1.82) is 0 Å². The number of carboxylic acids is 3. The minimum absolute atomic E-state index is 0.0944. The third kappa shape index (κ3) is 22.0. The van der Waals surface area contributed by atoms with Crippen LogP contribution in [0.4, 0.5) is 0 Å². The summed E-state index contributed by atoms with van der Waals surface area (Å²) in [4.78, 5) is 161. The number of rotatable bonds is 19. The highest BCUT2D eigenvalue weighted by Crippen LogP contribution is 2.16. The smallest absolute Gasteiger partial charge is 0.305 e. The van der Waals surface area contributed by atoms with Crippen LogP contribution < -0.4 is 54.0 Å². The Morgan fingerprint density at radius 1 is 0.513 bits per heavy atom. The molecule has 17 N–H and O–H groups in total. The van der Waals surface area contributed by atoms with Crippen molar-refractivity contribution < 1.29 is 83.1 Å². The fraction of sp³-hybridized carbons (Fsp3) is 0.510. The number of benzene rings is 2. The van der Waals surface area contributed by atoms with Crippen molar-refractivity contribution in [2.45, 2.75) is 146 Å². The van der Waals surface area contributed by atoms with Gasteiger partial charge in [0.15, 0.2) is 0 Å². The van der Waals surface area contributed by atoms with Gasteiger partial charge in [0.2, 0.25) is 53.2 Å². The molecule has 9 amide bonds. The van der Waals surface area contributed by atoms with Gasteiger partial charge in [0.1, 0.15) is 59.8 Å². The topological polar surface area (TPSA) is 454 Å². The fourth-order valence-electron chi connectivity index (χ4n) is 7.81. The Morgan fingerprint density at radius 3 is 1.33 bits per heavy atom. The number of phenols is 2. The molecule has 416 valence electrons. The van der Waals surface area contributed by atoms with Gasteiger partial charge in [-0.3, -0.25) is 57.5 Å². The maximum absolute atomic E-state index is 14.3. The summed E-state index contributed by atoms with van der Waals surface area (Å²) < 4.78 is 0. The van der Waals surface area contributed by atoms with Gasteiger partial charge in [0.05, 0.1) is 6.42 Å². The number of hydrogen-bond acceptors (Lipinski definition) is 15. The Balaban J connectivity index is 2.24. The van der Waals surface area contributed by atoms with Gasteiger partial charge >= 0.3 is 17.9 Å². The fourth-order valence-corrected chi connectivity index (χ4v) is 7.81. The molecule has 0 aromatic heterocycles. The number of phenolic OH excluding ortho intramolecular Hbond substituents is 2. The quantitative estimate of drug-likeness (QED) is 0.0643. The van der Waals surface area contributed by atoms with Crippen molar-refractivity contribution in [2.75, 3.05) is 6.54 Å². The van der Waals surface area contributed by atoms with Crippen molar-refractivity contribution >= 4 is 71.1 Å². The second-order valence-electron chi connectivity index (χ2n) is 18.6. The number of unbranched alkanes of at least 4 members (excludes halogenated alkanes) is 1. The first-order valence-electron chi connectivity index (χ1n) is 24.5. The Hall–Kier alpha value is -8.36. The highest BCUT2D eigenvalue weighted by atomic mass is 16.4. The van der Waals surface area contributed by atoms with Crippen LogP contribution in [0.1, 0.15) is 95.6 Å². The lowest BCUT2D eigenvalue weighted by molar-refractivity contribution is -0.142. The molecule has 0 radical (unpaired) electrons. The number of hydrogen-bond donors (Lipinski definition) is 15. The van der Waals surface area contributed by atoms with Crippen LogP contribution in [0.5, 0.6) is 11.5 Å². The van der Waals surface area contributed by atoms with Gasteiger partial charge in [0.25, 0.3) is 0 Å². The van der Waals surface area contributed by atoms with E-state index in [1.807, 2.05) is 0 Å². The number of carbonyl (C=O) groups excluding carboxylic acids is 9. The monoisotopic (exact) mass is 1070 g/mol. The molecule has 2 aromatic carbocycles. The number of amides is 9. The van der Waals surface area contributed by atoms with Crippen molar-refractivity contribution in [3.63, 3.8) is 0 Å². The molecule has 1 saturated heterocycles. The van der Waals surface area contributed by atoms with Crippen LogP contribution in [-0.2, 0) is 70.4 Å². The SMILES string of the molecule is CC(C)C[C@@H]1NC(=O)[C@H](CCCCN)NC(=O)[C@H](CCC(=O)O)NC(=O)[C@H](CC(=O)O)NC(=O)[C@H](Cc2ccc(O)cc2)NC(=O)[C@H](Cc2ccc(O)cc2)NC(=O)CC[C@@H](C(N)=O)NC(=O)[C@H](CCC(=O)O)NC1=O. The zero-order chi connectivity index (χ0) is 56.6. The maximum Gasteiger partial charge on any atom is 0.305 e. The molecule has 2 aromatic rings. The summed E-state index contributed by atoms with van der Waals surface area (Å²) in [6.07, 6.45) is -5.26. The zero-order valence-electron chi connectivity index (χ0n) is 42.0. The lowest BCUT2D eigenvalue weighted by Crippen LogP contribution is -2.61. The van der Waals surface area contributed by atoms with Crippen LogP contribution in [0.3, 0.4) is 0 Å². The summed E-state index contributed by atoms with van der Waals surface area (Å²) in [5.41, 5.74) is 12.0. The summed E-state index contributed by atoms with van der Waals surface area (Å²) in [5.74, 6) is -14.9. The third-order valence-corrected chi connectivity index (χ3v) is 11.8. The van der Waals surface area contributed by atoms with Gasteiger partial charge in [0, 0.05) is 32.1 Å². The predicted octanol–water partition coefficient (Wildman–Crippen LogP) is -2.58. The molecule has 76 heavy (non-hydrogen) atoms. The van der Waals surface area contributed by atoms with E-state index in [9.17, 15) is 83.1 Å². The van der Waals surface area contributed by atoms with Gasteiger partial charge in [-0.2, -0.15) is 0 Å². The largest absolute Gasteiger partial charge is 0.508 e. The van der Waals surface area contributed by atoms with E-state index in [1.54, 1.807) is 13.8 Å². The van der Waals surface area contributed by atoms with Crippen molar-refractivity contribution in [2.24, 2.45) is 17.4 Å². The van der Waals surface area contributed by atoms with Gasteiger partial charge in [-0.05, 0) is 92.8 Å². The molecule has 3 rings (SSSR count). The van der Waals surface area contributed by atoms with Crippen LogP contribution in [0.25, 0.3) is 0 Å². The highest BCUT2D eigenvalue weighted by Gasteiger charge is 2.36. The normalized spacial score (nSPS) is 23.1. The van der Waals surface area contributed by atoms with E-state index < -0.39 is 164 Å². The molecule has 1 fully saturated rings. The van der Waals surface area contributed by atoms with Gasteiger partial charge in [-0.15, -0.1) is 0 Å². The van der Waals surface area contributed by atoms with E-state index in [0.29, 0.717) is 17.5 Å². The zero-order valence-corrected chi connectivity index (χ0v) is 42.0. The second-order valence-corrected chi connectivity index (χ2v) is 18.6. The number of carbonyl (C=O) groups is 12. The molecule has 8 atom stereocenters. The maximum atomic E-state index is 14.3. The van der Waals surface area contributed by atoms with Crippen LogP contribution in [0, 0.1) is 5.92 Å². The molecule has 27 nitrogen and oxygen atoms in total. The van der Waals surface area contributed by atoms with Crippen LogP contribution in [0.2, 0.25) is 0 Å². The summed E-state index contributed by atoms with van der Waals surface area (Å²) in [7, 11) is 0. The third-order valence-electron chi connectivity index (χ3n) is 11.8. The van der Waals surface area contributed by atoms with Crippen LogP contribution in [0.15, 0.2) is 48.5 Å². The lowest BCUT2D eigenvalue weighted by Gasteiger charge is -2.28. The van der Waals surface area contributed by atoms with Gasteiger partial charge in [-0.25, -0.2) is 0 Å². The number of aliphatic carboxylic acids is 3. The Bertz CT molecular complexity index is 2400. The Morgan fingerprint density at radius 2 is 0.895 bits per heavy atom. The van der Waals surface area contributed by atoms with Crippen LogP contribution >= 0.6 is 0 Å². The molecule has 1 aliphatic rings. The first-order chi connectivity index (χ1) is 35.8. The second kappa shape index (κ2) is 30.7. The van der Waals surface area contributed by atoms with Crippen molar-refractivity contribution in [1.82, 2.24) is 42.5 Å². The molecule has 1 aliphatic heterocycles. The predicted molar refractivity (Wildman–Crippen MR) is 266 cm³/mol. The molecular formula is C49H68N10O17. The molecule has 0 bridgehead atoms. The first-order valence-corrected chi connectivity index (χ1v) is 24.5. The van der Waals surface area contributed by atoms with E-state index in [1.165, 1.54) is 48.5 Å².